The Labute approximate surface area is 105 Å². The molecule has 0 radical (unpaired) electrons. The van der Waals surface area contributed by atoms with Gasteiger partial charge in [-0.1, -0.05) is 44.0 Å². The van der Waals surface area contributed by atoms with Crippen molar-refractivity contribution in [1.82, 2.24) is 0 Å². The molecule has 0 fully saturated rings. The molecule has 80 valence electrons. The number of rotatable bonds is 1. The third-order valence-corrected chi connectivity index (χ3v) is 2.71. The number of halogens is 2. The van der Waals surface area contributed by atoms with E-state index in [-0.39, 0.29) is 5.41 Å². The largest absolute Gasteiger partial charge is 0.192 e. The molecule has 0 amide bonds. The molecule has 0 aliphatic rings. The van der Waals surface area contributed by atoms with E-state index >= 15 is 0 Å². The average molecular weight is 260 g/mol. The lowest BCUT2D eigenvalue weighted by Gasteiger charge is -2.20. The molecule has 0 saturated carbocycles. The lowest BCUT2D eigenvalue weighted by molar-refractivity contribution is 0.590. The fourth-order valence-electron chi connectivity index (χ4n) is 1.15. The average Bonchev–Trinajstić information content (AvgIpc) is 2.09. The van der Waals surface area contributed by atoms with Gasteiger partial charge in [-0.05, 0) is 35.3 Å². The fraction of sp³-hybridized carbons (Fsp3) is 0.364. The number of benzene rings is 1. The second-order valence-corrected chi connectivity index (χ2v) is 5.24. The first-order chi connectivity index (χ1) is 6.86. The molecule has 0 aliphatic heterocycles. The van der Waals surface area contributed by atoms with E-state index in [0.29, 0.717) is 15.7 Å². The van der Waals surface area contributed by atoms with Crippen molar-refractivity contribution in [1.29, 1.82) is 0 Å². The van der Waals surface area contributed by atoms with Crippen molar-refractivity contribution in [2.75, 3.05) is 0 Å². The Kier molecular flexibility index (Phi) is 3.91. The van der Waals surface area contributed by atoms with E-state index in [1.54, 1.807) is 0 Å². The molecule has 1 rings (SSSR count). The van der Waals surface area contributed by atoms with E-state index in [1.807, 2.05) is 12.1 Å². The first-order valence-corrected chi connectivity index (χ1v) is 5.60. The van der Waals surface area contributed by atoms with Crippen LogP contribution in [-0.2, 0) is 5.41 Å². The Morgan fingerprint density at radius 3 is 2.00 bits per heavy atom. The predicted molar refractivity (Wildman–Crippen MR) is 69.8 cm³/mol. The van der Waals surface area contributed by atoms with Crippen molar-refractivity contribution < 1.29 is 0 Å². The van der Waals surface area contributed by atoms with Gasteiger partial charge in [0.05, 0.1) is 15.2 Å². The fourth-order valence-corrected chi connectivity index (χ4v) is 1.81. The van der Waals surface area contributed by atoms with Gasteiger partial charge >= 0.3 is 0 Å². The maximum absolute atomic E-state index is 6.06. The van der Waals surface area contributed by atoms with Crippen molar-refractivity contribution in [2.24, 2.45) is 4.99 Å². The van der Waals surface area contributed by atoms with Crippen LogP contribution in [0.2, 0.25) is 10.0 Å². The van der Waals surface area contributed by atoms with Gasteiger partial charge in [-0.25, -0.2) is 0 Å². The summed E-state index contributed by atoms with van der Waals surface area (Å²) < 4.78 is 0. The Hall–Kier alpha value is -0.400. The molecule has 1 aromatic rings. The lowest BCUT2D eigenvalue weighted by atomic mass is 9.87. The molecule has 0 bridgehead atoms. The Morgan fingerprint density at radius 1 is 1.20 bits per heavy atom. The molecule has 0 unspecified atom stereocenters. The smallest absolute Gasteiger partial charge is 0.111 e. The van der Waals surface area contributed by atoms with Crippen molar-refractivity contribution in [3.63, 3.8) is 0 Å². The quantitative estimate of drug-likeness (QED) is 0.509. The normalized spacial score (nSPS) is 11.0. The molecule has 0 saturated heterocycles. The van der Waals surface area contributed by atoms with Gasteiger partial charge in [0.25, 0.3) is 0 Å². The van der Waals surface area contributed by atoms with Crippen LogP contribution in [0.5, 0.6) is 0 Å². The van der Waals surface area contributed by atoms with E-state index < -0.39 is 0 Å². The van der Waals surface area contributed by atoms with Crippen LogP contribution < -0.4 is 0 Å². The van der Waals surface area contributed by atoms with Crippen LogP contribution >= 0.6 is 35.4 Å². The van der Waals surface area contributed by atoms with Crippen LogP contribution in [0, 0.1) is 0 Å². The summed E-state index contributed by atoms with van der Waals surface area (Å²) in [5.74, 6) is 0. The molecule has 0 spiro atoms. The molecular formula is C11H11Cl2NS. The first kappa shape index (κ1) is 12.7. The second kappa shape index (κ2) is 4.63. The Morgan fingerprint density at radius 2 is 1.67 bits per heavy atom. The summed E-state index contributed by atoms with van der Waals surface area (Å²) in [6.07, 6.45) is 0. The summed E-state index contributed by atoms with van der Waals surface area (Å²) in [7, 11) is 0. The van der Waals surface area contributed by atoms with Crippen LogP contribution in [0.15, 0.2) is 17.1 Å². The number of nitrogens with zero attached hydrogens (tertiary/aromatic N) is 1. The van der Waals surface area contributed by atoms with Crippen LogP contribution in [-0.4, -0.2) is 5.16 Å². The van der Waals surface area contributed by atoms with Crippen molar-refractivity contribution in [3.8, 4) is 0 Å². The molecule has 0 heterocycles. The van der Waals surface area contributed by atoms with Crippen molar-refractivity contribution in [3.05, 3.63) is 27.7 Å². The van der Waals surface area contributed by atoms with Crippen molar-refractivity contribution in [2.45, 2.75) is 26.2 Å². The van der Waals surface area contributed by atoms with E-state index in [0.717, 1.165) is 5.56 Å². The van der Waals surface area contributed by atoms with Gasteiger partial charge in [0.1, 0.15) is 5.69 Å². The highest BCUT2D eigenvalue weighted by Crippen LogP contribution is 2.37. The zero-order valence-corrected chi connectivity index (χ0v) is 11.1. The minimum atomic E-state index is 0.00715. The van der Waals surface area contributed by atoms with E-state index in [9.17, 15) is 0 Å². The number of hydrogen-bond acceptors (Lipinski definition) is 2. The monoisotopic (exact) mass is 259 g/mol. The van der Waals surface area contributed by atoms with Crippen LogP contribution in [0.4, 0.5) is 5.69 Å². The van der Waals surface area contributed by atoms with Crippen LogP contribution in [0.3, 0.4) is 0 Å². The zero-order valence-electron chi connectivity index (χ0n) is 8.77. The summed E-state index contributed by atoms with van der Waals surface area (Å²) >= 11 is 16.6. The number of isothiocyanates is 1. The van der Waals surface area contributed by atoms with Gasteiger partial charge < -0.3 is 0 Å². The minimum Gasteiger partial charge on any atom is -0.192 e. The van der Waals surface area contributed by atoms with Gasteiger partial charge in [-0.2, -0.15) is 4.99 Å². The predicted octanol–water partition coefficient (Wildman–Crippen LogP) is 5.03. The topological polar surface area (TPSA) is 12.4 Å². The molecule has 4 heteroatoms. The molecule has 1 aromatic carbocycles. The molecule has 1 nitrogen and oxygen atoms in total. The van der Waals surface area contributed by atoms with Gasteiger partial charge in [0, 0.05) is 0 Å². The Bertz CT molecular complexity index is 406. The summed E-state index contributed by atoms with van der Waals surface area (Å²) in [5.41, 5.74) is 1.56. The van der Waals surface area contributed by atoms with E-state index in [2.05, 4.69) is 43.1 Å². The number of thiocarbonyl (C=S) groups is 1. The number of aliphatic imine (C=N–C) groups is 1. The Balaban J connectivity index is 3.38. The van der Waals surface area contributed by atoms with Crippen LogP contribution in [0.1, 0.15) is 26.3 Å². The van der Waals surface area contributed by atoms with Crippen molar-refractivity contribution >= 4 is 46.3 Å². The maximum atomic E-state index is 6.06. The standard InChI is InChI=1S/C11H11Cl2NS/c1-11(2,3)7-4-8(12)10(14-6-15)9(13)5-7/h4-5H,1-3H3. The van der Waals surface area contributed by atoms with Crippen LogP contribution in [0.25, 0.3) is 0 Å². The second-order valence-electron chi connectivity index (χ2n) is 4.24. The minimum absolute atomic E-state index is 0.00715. The third kappa shape index (κ3) is 3.02. The first-order valence-electron chi connectivity index (χ1n) is 4.43. The van der Waals surface area contributed by atoms with E-state index in [4.69, 9.17) is 23.2 Å². The van der Waals surface area contributed by atoms with Gasteiger partial charge in [0.15, 0.2) is 0 Å². The summed E-state index contributed by atoms with van der Waals surface area (Å²) in [5, 5.41) is 3.27. The maximum Gasteiger partial charge on any atom is 0.111 e. The number of hydrogen-bond donors (Lipinski definition) is 0. The molecular weight excluding hydrogens is 249 g/mol. The molecule has 0 N–H and O–H groups in total. The van der Waals surface area contributed by atoms with E-state index in [1.165, 1.54) is 0 Å². The summed E-state index contributed by atoms with van der Waals surface area (Å²) in [6, 6.07) is 3.72. The molecule has 0 aliphatic carbocycles. The SMILES string of the molecule is CC(C)(C)c1cc(Cl)c(N=C=S)c(Cl)c1. The lowest BCUT2D eigenvalue weighted by Crippen LogP contribution is -2.10. The zero-order chi connectivity index (χ0) is 11.6. The highest BCUT2D eigenvalue weighted by molar-refractivity contribution is 7.78. The van der Waals surface area contributed by atoms with Gasteiger partial charge in [-0.3, -0.25) is 0 Å². The van der Waals surface area contributed by atoms with Gasteiger partial charge in [-0.15, -0.1) is 0 Å². The van der Waals surface area contributed by atoms with Gasteiger partial charge in [0.2, 0.25) is 0 Å². The highest BCUT2D eigenvalue weighted by atomic mass is 35.5. The molecule has 0 aromatic heterocycles. The third-order valence-electron chi connectivity index (χ3n) is 2.04. The summed E-state index contributed by atoms with van der Waals surface area (Å²) in [6.45, 7) is 6.28. The summed E-state index contributed by atoms with van der Waals surface area (Å²) in [4.78, 5) is 3.83. The molecule has 15 heavy (non-hydrogen) atoms. The molecule has 0 atom stereocenters. The highest BCUT2D eigenvalue weighted by Gasteiger charge is 2.17.